The van der Waals surface area contributed by atoms with E-state index in [1.807, 2.05) is 25.8 Å². The number of amides is 1. The van der Waals surface area contributed by atoms with Crippen molar-refractivity contribution < 1.29 is 4.79 Å². The number of hydrogen-bond donors (Lipinski definition) is 1. The molecule has 1 amide bonds. The van der Waals surface area contributed by atoms with Gasteiger partial charge in [-0.15, -0.1) is 0 Å². The van der Waals surface area contributed by atoms with Gasteiger partial charge in [0.05, 0.1) is 0 Å². The molecule has 0 aliphatic carbocycles. The molecule has 82 valence electrons. The van der Waals surface area contributed by atoms with E-state index < -0.39 is 0 Å². The number of carbonyl (C=O) groups excluding carboxylic acids is 1. The van der Waals surface area contributed by atoms with Crippen LogP contribution in [0.15, 0.2) is 0 Å². The molecule has 0 unspecified atom stereocenters. The lowest BCUT2D eigenvalue weighted by atomic mass is 9.97. The van der Waals surface area contributed by atoms with Gasteiger partial charge >= 0.3 is 0 Å². The van der Waals surface area contributed by atoms with Crippen molar-refractivity contribution in [2.45, 2.75) is 26.7 Å². The van der Waals surface area contributed by atoms with Gasteiger partial charge < -0.3 is 10.2 Å². The van der Waals surface area contributed by atoms with Gasteiger partial charge in [0.2, 0.25) is 5.91 Å². The molecule has 1 N–H and O–H groups in total. The Morgan fingerprint density at radius 3 is 2.50 bits per heavy atom. The quantitative estimate of drug-likeness (QED) is 0.736. The third kappa shape index (κ3) is 3.29. The number of piperidine rings is 1. The molecule has 1 fully saturated rings. The molecule has 0 spiro atoms. The SMILES string of the molecule is CC(C)C(=O)N(C)CC1CCNCC1. The molecule has 0 bridgehead atoms. The van der Waals surface area contributed by atoms with Gasteiger partial charge in [-0.25, -0.2) is 0 Å². The molecule has 1 heterocycles. The second kappa shape index (κ2) is 5.35. The number of hydrogen-bond acceptors (Lipinski definition) is 2. The molecule has 3 heteroatoms. The van der Waals surface area contributed by atoms with Gasteiger partial charge in [-0.3, -0.25) is 4.79 Å². The summed E-state index contributed by atoms with van der Waals surface area (Å²) < 4.78 is 0. The standard InChI is InChI=1S/C11H22N2O/c1-9(2)11(14)13(3)8-10-4-6-12-7-5-10/h9-10,12H,4-8H2,1-3H3. The highest BCUT2D eigenvalue weighted by Gasteiger charge is 2.19. The summed E-state index contributed by atoms with van der Waals surface area (Å²) in [6.07, 6.45) is 2.41. The molecular weight excluding hydrogens is 176 g/mol. The zero-order valence-electron chi connectivity index (χ0n) is 9.55. The van der Waals surface area contributed by atoms with Crippen LogP contribution >= 0.6 is 0 Å². The fraction of sp³-hybridized carbons (Fsp3) is 0.909. The highest BCUT2D eigenvalue weighted by Crippen LogP contribution is 2.13. The van der Waals surface area contributed by atoms with Crippen LogP contribution in [0.3, 0.4) is 0 Å². The minimum absolute atomic E-state index is 0.127. The highest BCUT2D eigenvalue weighted by atomic mass is 16.2. The molecular formula is C11H22N2O. The molecule has 0 radical (unpaired) electrons. The van der Waals surface area contributed by atoms with Gasteiger partial charge in [-0.2, -0.15) is 0 Å². The first-order valence-corrected chi connectivity index (χ1v) is 5.57. The number of nitrogens with zero attached hydrogens (tertiary/aromatic N) is 1. The molecule has 1 aliphatic rings. The maximum absolute atomic E-state index is 11.6. The molecule has 1 saturated heterocycles. The van der Waals surface area contributed by atoms with Crippen molar-refractivity contribution in [3.63, 3.8) is 0 Å². The van der Waals surface area contributed by atoms with Gasteiger partial charge in [0, 0.05) is 19.5 Å². The van der Waals surface area contributed by atoms with Gasteiger partial charge in [-0.05, 0) is 31.8 Å². The summed E-state index contributed by atoms with van der Waals surface area (Å²) in [5, 5.41) is 3.34. The normalized spacial score (nSPS) is 18.6. The molecule has 3 nitrogen and oxygen atoms in total. The van der Waals surface area contributed by atoms with Crippen molar-refractivity contribution in [1.29, 1.82) is 0 Å². The maximum atomic E-state index is 11.6. The fourth-order valence-electron chi connectivity index (χ4n) is 1.98. The highest BCUT2D eigenvalue weighted by molar-refractivity contribution is 5.77. The lowest BCUT2D eigenvalue weighted by Gasteiger charge is -2.28. The second-order valence-corrected chi connectivity index (χ2v) is 4.57. The van der Waals surface area contributed by atoms with Gasteiger partial charge in [-0.1, -0.05) is 13.8 Å². The summed E-state index contributed by atoms with van der Waals surface area (Å²) >= 11 is 0. The van der Waals surface area contributed by atoms with E-state index in [-0.39, 0.29) is 11.8 Å². The fourth-order valence-corrected chi connectivity index (χ4v) is 1.98. The first-order chi connectivity index (χ1) is 6.61. The van der Waals surface area contributed by atoms with Crippen LogP contribution < -0.4 is 5.32 Å². The minimum Gasteiger partial charge on any atom is -0.345 e. The maximum Gasteiger partial charge on any atom is 0.224 e. The Hall–Kier alpha value is -0.570. The summed E-state index contributed by atoms with van der Waals surface area (Å²) in [6, 6.07) is 0. The van der Waals surface area contributed by atoms with Crippen molar-refractivity contribution >= 4 is 5.91 Å². The third-order valence-electron chi connectivity index (χ3n) is 2.86. The largest absolute Gasteiger partial charge is 0.345 e. The van der Waals surface area contributed by atoms with E-state index in [1.54, 1.807) is 0 Å². The van der Waals surface area contributed by atoms with E-state index in [9.17, 15) is 4.79 Å². The molecule has 14 heavy (non-hydrogen) atoms. The molecule has 0 aromatic heterocycles. The number of nitrogens with one attached hydrogen (secondary N) is 1. The van der Waals surface area contributed by atoms with Crippen LogP contribution in [0.2, 0.25) is 0 Å². The van der Waals surface area contributed by atoms with E-state index in [0.717, 1.165) is 19.6 Å². The first kappa shape index (κ1) is 11.5. The van der Waals surface area contributed by atoms with Crippen LogP contribution in [0.5, 0.6) is 0 Å². The van der Waals surface area contributed by atoms with Crippen LogP contribution in [-0.2, 0) is 4.79 Å². The van der Waals surface area contributed by atoms with Crippen molar-refractivity contribution in [1.82, 2.24) is 10.2 Å². The zero-order chi connectivity index (χ0) is 10.6. The van der Waals surface area contributed by atoms with Crippen LogP contribution in [0, 0.1) is 11.8 Å². The Morgan fingerprint density at radius 1 is 1.43 bits per heavy atom. The lowest BCUT2D eigenvalue weighted by Crippen LogP contribution is -2.38. The average molecular weight is 198 g/mol. The molecule has 1 rings (SSSR count). The lowest BCUT2D eigenvalue weighted by molar-refractivity contribution is -0.133. The smallest absolute Gasteiger partial charge is 0.224 e. The van der Waals surface area contributed by atoms with Crippen LogP contribution in [0.1, 0.15) is 26.7 Å². The predicted octanol–water partition coefficient (Wildman–Crippen LogP) is 1.10. The van der Waals surface area contributed by atoms with Gasteiger partial charge in [0.15, 0.2) is 0 Å². The monoisotopic (exact) mass is 198 g/mol. The minimum atomic E-state index is 0.127. The zero-order valence-corrected chi connectivity index (χ0v) is 9.55. The molecule has 0 saturated carbocycles. The van der Waals surface area contributed by atoms with Crippen molar-refractivity contribution in [3.05, 3.63) is 0 Å². The van der Waals surface area contributed by atoms with E-state index in [1.165, 1.54) is 12.8 Å². The molecule has 0 aromatic rings. The van der Waals surface area contributed by atoms with Crippen LogP contribution in [-0.4, -0.2) is 37.5 Å². The van der Waals surface area contributed by atoms with E-state index in [0.29, 0.717) is 5.92 Å². The van der Waals surface area contributed by atoms with E-state index in [4.69, 9.17) is 0 Å². The Kier molecular flexibility index (Phi) is 4.39. The molecule has 0 atom stereocenters. The summed E-state index contributed by atoms with van der Waals surface area (Å²) in [6.45, 7) is 7.06. The molecule has 1 aliphatic heterocycles. The van der Waals surface area contributed by atoms with Gasteiger partial charge in [0.1, 0.15) is 0 Å². The van der Waals surface area contributed by atoms with Crippen molar-refractivity contribution in [3.8, 4) is 0 Å². The van der Waals surface area contributed by atoms with Crippen molar-refractivity contribution in [2.24, 2.45) is 11.8 Å². The summed E-state index contributed by atoms with van der Waals surface area (Å²) in [5.41, 5.74) is 0. The van der Waals surface area contributed by atoms with Crippen molar-refractivity contribution in [2.75, 3.05) is 26.7 Å². The Morgan fingerprint density at radius 2 is 2.00 bits per heavy atom. The third-order valence-corrected chi connectivity index (χ3v) is 2.86. The topological polar surface area (TPSA) is 32.3 Å². The summed E-state index contributed by atoms with van der Waals surface area (Å²) in [7, 11) is 1.92. The second-order valence-electron chi connectivity index (χ2n) is 4.57. The van der Waals surface area contributed by atoms with E-state index in [2.05, 4.69) is 5.32 Å². The van der Waals surface area contributed by atoms with Crippen LogP contribution in [0.4, 0.5) is 0 Å². The predicted molar refractivity (Wildman–Crippen MR) is 58.1 cm³/mol. The van der Waals surface area contributed by atoms with E-state index >= 15 is 0 Å². The number of carbonyl (C=O) groups is 1. The number of rotatable bonds is 3. The summed E-state index contributed by atoms with van der Waals surface area (Å²) in [5.74, 6) is 1.09. The van der Waals surface area contributed by atoms with Gasteiger partial charge in [0.25, 0.3) is 0 Å². The Bertz CT molecular complexity index is 186. The Labute approximate surface area is 86.9 Å². The van der Waals surface area contributed by atoms with Crippen LogP contribution in [0.25, 0.3) is 0 Å². The Balaban J connectivity index is 2.31. The first-order valence-electron chi connectivity index (χ1n) is 5.57. The average Bonchev–Trinajstić information content (AvgIpc) is 2.18. The summed E-state index contributed by atoms with van der Waals surface area (Å²) in [4.78, 5) is 13.5. The molecule has 0 aromatic carbocycles.